The number of carbonyl (C=O) groups is 2. The molecule has 0 bridgehead atoms. The number of rotatable bonds is 3. The van der Waals surface area contributed by atoms with Crippen molar-refractivity contribution in [3.05, 3.63) is 65.2 Å². The second kappa shape index (κ2) is 6.41. The van der Waals surface area contributed by atoms with Crippen LogP contribution in [0.15, 0.2) is 53.5 Å². The smallest absolute Gasteiger partial charge is 0.272 e. The van der Waals surface area contributed by atoms with E-state index in [9.17, 15) is 9.59 Å². The van der Waals surface area contributed by atoms with Crippen LogP contribution in [-0.4, -0.2) is 30.2 Å². The number of benzene rings is 2. The monoisotopic (exact) mass is 347 g/mol. The van der Waals surface area contributed by atoms with Crippen LogP contribution in [-0.2, 0) is 16.0 Å². The Morgan fingerprint density at radius 1 is 1.15 bits per heavy atom. The second-order valence-electron chi connectivity index (χ2n) is 6.96. The normalized spacial score (nSPS) is 18.4. The third-order valence-corrected chi connectivity index (χ3v) is 4.86. The van der Waals surface area contributed by atoms with Gasteiger partial charge in [0.2, 0.25) is 12.1 Å². The Kier molecular flexibility index (Phi) is 4.07. The van der Waals surface area contributed by atoms with E-state index in [0.717, 1.165) is 34.5 Å². The first kappa shape index (κ1) is 16.5. The summed E-state index contributed by atoms with van der Waals surface area (Å²) in [6.45, 7) is 4.24. The first-order valence-electron chi connectivity index (χ1n) is 8.93. The van der Waals surface area contributed by atoms with E-state index in [0.29, 0.717) is 6.54 Å². The highest BCUT2D eigenvalue weighted by Crippen LogP contribution is 2.36. The zero-order valence-electron chi connectivity index (χ0n) is 14.9. The Balaban J connectivity index is 1.88. The van der Waals surface area contributed by atoms with Crippen LogP contribution >= 0.6 is 0 Å². The number of para-hydroxylation sites is 1. The van der Waals surface area contributed by atoms with Gasteiger partial charge in [0.15, 0.2) is 0 Å². The van der Waals surface area contributed by atoms with E-state index in [4.69, 9.17) is 4.99 Å². The molecule has 0 radical (unpaired) electrons. The molecule has 0 saturated carbocycles. The van der Waals surface area contributed by atoms with E-state index in [1.54, 1.807) is 18.7 Å². The van der Waals surface area contributed by atoms with Crippen molar-refractivity contribution in [3.63, 3.8) is 0 Å². The molecule has 26 heavy (non-hydrogen) atoms. The molecule has 1 N–H and O–H groups in total. The molecule has 5 nitrogen and oxygen atoms in total. The first-order chi connectivity index (χ1) is 12.6. The molecule has 0 fully saturated rings. The Morgan fingerprint density at radius 3 is 2.65 bits per heavy atom. The van der Waals surface area contributed by atoms with Crippen LogP contribution in [0.3, 0.4) is 0 Å². The standard InChI is InChI=1S/C21H21N3O2/c1-13(2)20(25)23-19-21(26)24-12-11-15-9-6-10-16(18(15)24)17(22-19)14-7-4-3-5-8-14/h3-10,13,19H,11-12H2,1-2H3,(H,23,25)/t19-/m0/s1. The zero-order valence-corrected chi connectivity index (χ0v) is 14.9. The van der Waals surface area contributed by atoms with Crippen molar-refractivity contribution in [2.75, 3.05) is 11.4 Å². The lowest BCUT2D eigenvalue weighted by Crippen LogP contribution is -2.48. The molecule has 132 valence electrons. The van der Waals surface area contributed by atoms with Gasteiger partial charge in [-0.2, -0.15) is 0 Å². The van der Waals surface area contributed by atoms with Crippen LogP contribution in [0.5, 0.6) is 0 Å². The van der Waals surface area contributed by atoms with E-state index in [1.165, 1.54) is 0 Å². The molecule has 1 atom stereocenters. The van der Waals surface area contributed by atoms with Crippen LogP contribution in [0.25, 0.3) is 0 Å². The summed E-state index contributed by atoms with van der Waals surface area (Å²) in [5.41, 5.74) is 4.71. The number of hydrogen-bond acceptors (Lipinski definition) is 3. The molecule has 2 aliphatic rings. The molecule has 0 aliphatic carbocycles. The van der Waals surface area contributed by atoms with Crippen molar-refractivity contribution in [3.8, 4) is 0 Å². The molecule has 0 spiro atoms. The van der Waals surface area contributed by atoms with Gasteiger partial charge in [-0.05, 0) is 12.0 Å². The summed E-state index contributed by atoms with van der Waals surface area (Å²) in [7, 11) is 0. The minimum atomic E-state index is -0.904. The molecule has 2 aliphatic heterocycles. The number of amides is 2. The van der Waals surface area contributed by atoms with Gasteiger partial charge in [0.25, 0.3) is 5.91 Å². The first-order valence-corrected chi connectivity index (χ1v) is 8.93. The van der Waals surface area contributed by atoms with Gasteiger partial charge in [-0.3, -0.25) is 9.59 Å². The van der Waals surface area contributed by atoms with Gasteiger partial charge in [0.05, 0.1) is 11.4 Å². The highest BCUT2D eigenvalue weighted by Gasteiger charge is 2.37. The second-order valence-corrected chi connectivity index (χ2v) is 6.96. The lowest BCUT2D eigenvalue weighted by molar-refractivity contribution is -0.129. The third-order valence-electron chi connectivity index (χ3n) is 4.86. The summed E-state index contributed by atoms with van der Waals surface area (Å²) in [6, 6.07) is 15.9. The van der Waals surface area contributed by atoms with Crippen LogP contribution in [0.4, 0.5) is 5.69 Å². The maximum Gasteiger partial charge on any atom is 0.272 e. The van der Waals surface area contributed by atoms with Crippen molar-refractivity contribution in [1.29, 1.82) is 0 Å². The van der Waals surface area contributed by atoms with Gasteiger partial charge >= 0.3 is 0 Å². The highest BCUT2D eigenvalue weighted by atomic mass is 16.2. The van der Waals surface area contributed by atoms with E-state index in [1.807, 2.05) is 42.5 Å². The van der Waals surface area contributed by atoms with Gasteiger partial charge in [0.1, 0.15) is 0 Å². The SMILES string of the molecule is CC(C)C(=O)N[C@@H]1N=C(c2ccccc2)c2cccc3c2N(CC3)C1=O. The molecule has 0 unspecified atom stereocenters. The van der Waals surface area contributed by atoms with Crippen LogP contribution in [0, 0.1) is 5.92 Å². The van der Waals surface area contributed by atoms with Gasteiger partial charge in [-0.25, -0.2) is 4.99 Å². The lowest BCUT2D eigenvalue weighted by Gasteiger charge is -2.21. The van der Waals surface area contributed by atoms with Gasteiger partial charge in [-0.1, -0.05) is 62.4 Å². The Morgan fingerprint density at radius 2 is 1.92 bits per heavy atom. The van der Waals surface area contributed by atoms with Crippen molar-refractivity contribution >= 4 is 23.2 Å². The van der Waals surface area contributed by atoms with Crippen LogP contribution < -0.4 is 10.2 Å². The zero-order chi connectivity index (χ0) is 18.3. The average molecular weight is 347 g/mol. The van der Waals surface area contributed by atoms with E-state index in [2.05, 4.69) is 11.4 Å². The summed E-state index contributed by atoms with van der Waals surface area (Å²) >= 11 is 0. The predicted molar refractivity (Wildman–Crippen MR) is 101 cm³/mol. The van der Waals surface area contributed by atoms with Crippen LogP contribution in [0.1, 0.15) is 30.5 Å². The minimum absolute atomic E-state index is 0.170. The average Bonchev–Trinajstić information content (AvgIpc) is 3.04. The third kappa shape index (κ3) is 2.69. The van der Waals surface area contributed by atoms with Crippen molar-refractivity contribution in [1.82, 2.24) is 5.32 Å². The minimum Gasteiger partial charge on any atom is -0.326 e. The number of hydrogen-bond donors (Lipinski definition) is 1. The van der Waals surface area contributed by atoms with E-state index < -0.39 is 6.17 Å². The van der Waals surface area contributed by atoms with Gasteiger partial charge < -0.3 is 10.2 Å². The number of anilines is 1. The van der Waals surface area contributed by atoms with Crippen molar-refractivity contribution in [2.45, 2.75) is 26.4 Å². The molecular formula is C21H21N3O2. The fourth-order valence-electron chi connectivity index (χ4n) is 3.49. The Bertz CT molecular complexity index is 903. The summed E-state index contributed by atoms with van der Waals surface area (Å²) in [5, 5.41) is 2.81. The molecule has 5 heteroatoms. The molecule has 2 aromatic rings. The fraction of sp³-hybridized carbons (Fsp3) is 0.286. The lowest BCUT2D eigenvalue weighted by atomic mass is 9.98. The summed E-state index contributed by atoms with van der Waals surface area (Å²) < 4.78 is 0. The Labute approximate surface area is 152 Å². The molecule has 2 aromatic carbocycles. The number of nitrogens with zero attached hydrogens (tertiary/aromatic N) is 2. The number of nitrogens with one attached hydrogen (secondary N) is 1. The van der Waals surface area contributed by atoms with E-state index in [-0.39, 0.29) is 17.7 Å². The molecule has 4 rings (SSSR count). The number of aliphatic imine (C=N–C) groups is 1. The largest absolute Gasteiger partial charge is 0.326 e. The van der Waals surface area contributed by atoms with Gasteiger partial charge in [-0.15, -0.1) is 0 Å². The quantitative estimate of drug-likeness (QED) is 0.927. The number of carbonyl (C=O) groups excluding carboxylic acids is 2. The van der Waals surface area contributed by atoms with Crippen molar-refractivity contribution in [2.24, 2.45) is 10.9 Å². The summed E-state index contributed by atoms with van der Waals surface area (Å²) in [4.78, 5) is 31.8. The Hall–Kier alpha value is -2.95. The molecular weight excluding hydrogens is 326 g/mol. The predicted octanol–water partition coefficient (Wildman–Crippen LogP) is 2.53. The topological polar surface area (TPSA) is 61.8 Å². The maximum absolute atomic E-state index is 13.1. The van der Waals surface area contributed by atoms with Gasteiger partial charge in [0, 0.05) is 23.6 Å². The summed E-state index contributed by atoms with van der Waals surface area (Å²) in [5.74, 6) is -0.557. The summed E-state index contributed by atoms with van der Waals surface area (Å²) in [6.07, 6.45) is -0.0829. The molecule has 0 aromatic heterocycles. The molecule has 2 heterocycles. The van der Waals surface area contributed by atoms with E-state index >= 15 is 0 Å². The van der Waals surface area contributed by atoms with Crippen LogP contribution in [0.2, 0.25) is 0 Å². The van der Waals surface area contributed by atoms with Crippen molar-refractivity contribution < 1.29 is 9.59 Å². The maximum atomic E-state index is 13.1. The highest BCUT2D eigenvalue weighted by molar-refractivity contribution is 6.21. The molecule has 0 saturated heterocycles. The molecule has 2 amide bonds. The fourth-order valence-corrected chi connectivity index (χ4v) is 3.49.